The molecule has 0 radical (unpaired) electrons. The number of hydrogen-bond acceptors (Lipinski definition) is 3. The summed E-state index contributed by atoms with van der Waals surface area (Å²) in [6.45, 7) is 1.83. The molecule has 0 bridgehead atoms. The lowest BCUT2D eigenvalue weighted by Crippen LogP contribution is -2.13. The van der Waals surface area contributed by atoms with Crippen LogP contribution in [-0.2, 0) is 13.2 Å². The van der Waals surface area contributed by atoms with Crippen molar-refractivity contribution >= 4 is 34.9 Å². The number of aromatic nitrogens is 2. The Bertz CT molecular complexity index is 1420. The van der Waals surface area contributed by atoms with Crippen LogP contribution in [0.2, 0.25) is 10.0 Å². The number of rotatable bonds is 7. The molecule has 5 nitrogen and oxygen atoms in total. The van der Waals surface area contributed by atoms with Gasteiger partial charge >= 0.3 is 0 Å². The van der Waals surface area contributed by atoms with Crippen molar-refractivity contribution in [1.82, 2.24) is 9.78 Å². The number of anilines is 1. The monoisotopic (exact) mass is 537 g/mol. The van der Waals surface area contributed by atoms with Crippen LogP contribution in [0, 0.1) is 30.2 Å². The summed E-state index contributed by atoms with van der Waals surface area (Å²) in [6.07, 6.45) is 0. The van der Waals surface area contributed by atoms with E-state index in [0.717, 1.165) is 11.3 Å². The van der Waals surface area contributed by atoms with Crippen molar-refractivity contribution in [3.8, 4) is 5.75 Å². The van der Waals surface area contributed by atoms with Crippen LogP contribution in [0.1, 0.15) is 27.2 Å². The molecule has 0 unspecified atom stereocenters. The fourth-order valence-electron chi connectivity index (χ4n) is 3.32. The Balaban J connectivity index is 1.40. The maximum atomic E-state index is 13.7. The zero-order chi connectivity index (χ0) is 26.0. The highest BCUT2D eigenvalue weighted by Crippen LogP contribution is 2.27. The zero-order valence-electron chi connectivity index (χ0n) is 18.6. The lowest BCUT2D eigenvalue weighted by molar-refractivity contribution is 0.102. The second kappa shape index (κ2) is 10.6. The van der Waals surface area contributed by atoms with E-state index in [0.29, 0.717) is 28.0 Å². The van der Waals surface area contributed by atoms with Crippen molar-refractivity contribution in [3.05, 3.63) is 110 Å². The number of nitrogens with zero attached hydrogens (tertiary/aromatic N) is 2. The standard InChI is InChI=1S/C25H17Cl2F4N3O2/c1-13-8-21(33-34(13)11-16-6-7-17(26)9-18(16)27)32-25(35)15-4-2-14(3-5-15)12-36-24-22(30)19(28)10-20(29)23(24)31/h2-10H,11-12H2,1H3,(H,32,33,35). The fraction of sp³-hybridized carbons (Fsp3) is 0.120. The highest BCUT2D eigenvalue weighted by molar-refractivity contribution is 6.35. The Kier molecular flexibility index (Phi) is 7.51. The number of aryl methyl sites for hydroxylation is 1. The smallest absolute Gasteiger partial charge is 0.256 e. The quantitative estimate of drug-likeness (QED) is 0.205. The molecule has 1 aromatic heterocycles. The highest BCUT2D eigenvalue weighted by Gasteiger charge is 2.20. The van der Waals surface area contributed by atoms with Crippen molar-refractivity contribution in [2.24, 2.45) is 0 Å². The Morgan fingerprint density at radius 3 is 2.28 bits per heavy atom. The normalized spacial score (nSPS) is 11.0. The number of hydrogen-bond donors (Lipinski definition) is 1. The lowest BCUT2D eigenvalue weighted by Gasteiger charge is -2.10. The number of halogens is 6. The number of carbonyl (C=O) groups excluding carboxylic acids is 1. The highest BCUT2D eigenvalue weighted by atomic mass is 35.5. The Hall–Kier alpha value is -3.56. The molecule has 0 aliphatic rings. The van der Waals surface area contributed by atoms with Gasteiger partial charge in [0.25, 0.3) is 5.91 Å². The third-order valence-corrected chi connectivity index (χ3v) is 5.82. The van der Waals surface area contributed by atoms with Gasteiger partial charge in [0.2, 0.25) is 11.6 Å². The van der Waals surface area contributed by atoms with Crippen molar-refractivity contribution in [3.63, 3.8) is 0 Å². The molecule has 0 fully saturated rings. The topological polar surface area (TPSA) is 56.1 Å². The molecule has 1 N–H and O–H groups in total. The summed E-state index contributed by atoms with van der Waals surface area (Å²) in [6, 6.07) is 12.8. The summed E-state index contributed by atoms with van der Waals surface area (Å²) in [5.41, 5.74) is 2.29. The van der Waals surface area contributed by atoms with E-state index in [9.17, 15) is 22.4 Å². The number of carbonyl (C=O) groups is 1. The molecule has 186 valence electrons. The summed E-state index contributed by atoms with van der Waals surface area (Å²) >= 11 is 12.2. The SMILES string of the molecule is Cc1cc(NC(=O)c2ccc(COc3c(F)c(F)cc(F)c3F)cc2)nn1Cc1ccc(Cl)cc1Cl. The van der Waals surface area contributed by atoms with Gasteiger partial charge in [0.15, 0.2) is 23.2 Å². The second-order valence-electron chi connectivity index (χ2n) is 7.80. The molecule has 3 aromatic carbocycles. The average Bonchev–Trinajstić information content (AvgIpc) is 3.18. The summed E-state index contributed by atoms with van der Waals surface area (Å²) in [5.74, 6) is -7.65. The van der Waals surface area contributed by atoms with Gasteiger partial charge in [-0.1, -0.05) is 41.4 Å². The van der Waals surface area contributed by atoms with Gasteiger partial charge in [-0.2, -0.15) is 13.9 Å². The van der Waals surface area contributed by atoms with E-state index in [2.05, 4.69) is 10.4 Å². The number of nitrogens with one attached hydrogen (secondary N) is 1. The summed E-state index contributed by atoms with van der Waals surface area (Å²) in [7, 11) is 0. The van der Waals surface area contributed by atoms with E-state index in [1.165, 1.54) is 24.3 Å². The first kappa shape index (κ1) is 25.5. The van der Waals surface area contributed by atoms with E-state index in [-0.39, 0.29) is 18.2 Å². The van der Waals surface area contributed by atoms with Crippen molar-refractivity contribution in [2.45, 2.75) is 20.1 Å². The van der Waals surface area contributed by atoms with Gasteiger partial charge in [0.1, 0.15) is 6.61 Å². The van der Waals surface area contributed by atoms with Crippen LogP contribution in [0.3, 0.4) is 0 Å². The molecule has 0 atom stereocenters. The van der Waals surface area contributed by atoms with Crippen molar-refractivity contribution in [2.75, 3.05) is 5.32 Å². The molecule has 0 spiro atoms. The Labute approximate surface area is 213 Å². The van der Waals surface area contributed by atoms with Crippen LogP contribution in [0.25, 0.3) is 0 Å². The fourth-order valence-corrected chi connectivity index (χ4v) is 3.79. The largest absolute Gasteiger partial charge is 0.483 e. The predicted octanol–water partition coefficient (Wildman–Crippen LogP) is 6.93. The molecule has 1 heterocycles. The minimum Gasteiger partial charge on any atom is -0.483 e. The van der Waals surface area contributed by atoms with Gasteiger partial charge in [-0.05, 0) is 42.3 Å². The van der Waals surface area contributed by atoms with E-state index >= 15 is 0 Å². The molecule has 11 heteroatoms. The van der Waals surface area contributed by atoms with Crippen molar-refractivity contribution < 1.29 is 27.1 Å². The van der Waals surface area contributed by atoms with Gasteiger partial charge in [-0.15, -0.1) is 0 Å². The Morgan fingerprint density at radius 2 is 1.64 bits per heavy atom. The lowest BCUT2D eigenvalue weighted by atomic mass is 10.1. The molecule has 0 aliphatic heterocycles. The van der Waals surface area contributed by atoms with Crippen LogP contribution >= 0.6 is 23.2 Å². The summed E-state index contributed by atoms with van der Waals surface area (Å²) in [4.78, 5) is 12.6. The van der Waals surface area contributed by atoms with Gasteiger partial charge in [-0.3, -0.25) is 9.48 Å². The molecule has 36 heavy (non-hydrogen) atoms. The maximum Gasteiger partial charge on any atom is 0.256 e. The molecule has 0 saturated carbocycles. The first-order chi connectivity index (χ1) is 17.1. The van der Waals surface area contributed by atoms with E-state index in [1.807, 2.05) is 6.92 Å². The number of ether oxygens (including phenoxy) is 1. The van der Waals surface area contributed by atoms with Crippen LogP contribution in [0.4, 0.5) is 23.4 Å². The third kappa shape index (κ3) is 5.63. The van der Waals surface area contributed by atoms with Crippen LogP contribution in [-0.4, -0.2) is 15.7 Å². The van der Waals surface area contributed by atoms with E-state index in [4.69, 9.17) is 27.9 Å². The maximum absolute atomic E-state index is 13.7. The molecule has 0 aliphatic carbocycles. The van der Waals surface area contributed by atoms with Crippen LogP contribution in [0.5, 0.6) is 5.75 Å². The average molecular weight is 538 g/mol. The first-order valence-corrected chi connectivity index (χ1v) is 11.2. The van der Waals surface area contributed by atoms with Crippen LogP contribution < -0.4 is 10.1 Å². The number of amides is 1. The van der Waals surface area contributed by atoms with Crippen molar-refractivity contribution in [1.29, 1.82) is 0 Å². The van der Waals surface area contributed by atoms with Gasteiger partial charge in [0.05, 0.1) is 6.54 Å². The minimum absolute atomic E-state index is 0.0995. The van der Waals surface area contributed by atoms with Crippen LogP contribution in [0.15, 0.2) is 54.6 Å². The summed E-state index contributed by atoms with van der Waals surface area (Å²) < 4.78 is 60.7. The van der Waals surface area contributed by atoms with Gasteiger partial charge in [0, 0.05) is 33.4 Å². The second-order valence-corrected chi connectivity index (χ2v) is 8.65. The predicted molar refractivity (Wildman–Crippen MR) is 128 cm³/mol. The minimum atomic E-state index is -1.63. The number of benzene rings is 3. The summed E-state index contributed by atoms with van der Waals surface area (Å²) in [5, 5.41) is 8.10. The van der Waals surface area contributed by atoms with E-state index < -0.39 is 34.9 Å². The molecule has 4 aromatic rings. The van der Waals surface area contributed by atoms with Gasteiger partial charge < -0.3 is 10.1 Å². The molecular weight excluding hydrogens is 521 g/mol. The first-order valence-electron chi connectivity index (χ1n) is 10.5. The molecule has 1 amide bonds. The molecule has 4 rings (SSSR count). The van der Waals surface area contributed by atoms with Gasteiger partial charge in [-0.25, -0.2) is 8.78 Å². The Morgan fingerprint density at radius 1 is 0.972 bits per heavy atom. The zero-order valence-corrected chi connectivity index (χ0v) is 20.1. The van der Waals surface area contributed by atoms with E-state index in [1.54, 1.807) is 28.9 Å². The molecular formula is C25H17Cl2F4N3O2. The molecule has 0 saturated heterocycles. The third-order valence-electron chi connectivity index (χ3n) is 5.23.